The van der Waals surface area contributed by atoms with Crippen molar-refractivity contribution in [1.29, 1.82) is 0 Å². The van der Waals surface area contributed by atoms with Crippen LogP contribution in [-0.4, -0.2) is 26.7 Å². The minimum absolute atomic E-state index is 0.260. The van der Waals surface area contributed by atoms with E-state index in [9.17, 15) is 4.79 Å². The highest BCUT2D eigenvalue weighted by Gasteiger charge is 2.14. The van der Waals surface area contributed by atoms with Crippen LogP contribution in [-0.2, 0) is 6.61 Å². The summed E-state index contributed by atoms with van der Waals surface area (Å²) < 4.78 is 22.6. The molecule has 0 saturated carbocycles. The van der Waals surface area contributed by atoms with E-state index in [-0.39, 0.29) is 12.5 Å². The number of carbonyl (C=O) groups excluding carboxylic acids is 1. The van der Waals surface area contributed by atoms with Crippen LogP contribution in [0.1, 0.15) is 22.8 Å². The van der Waals surface area contributed by atoms with Gasteiger partial charge < -0.3 is 24.3 Å². The lowest BCUT2D eigenvalue weighted by molar-refractivity contribution is 0.102. The van der Waals surface area contributed by atoms with Crippen molar-refractivity contribution in [3.63, 3.8) is 0 Å². The minimum atomic E-state index is -0.266. The van der Waals surface area contributed by atoms with E-state index in [0.717, 1.165) is 22.1 Å². The Balaban J connectivity index is 1.57. The Morgan fingerprint density at radius 1 is 0.794 bits per heavy atom. The molecule has 0 aliphatic rings. The number of anilines is 1. The Labute approximate surface area is 199 Å². The normalized spacial score (nSPS) is 10.6. The SMILES string of the molecule is CCOc1ccc(C(=O)Nc2ccc(OC)cc2OC)cc1COc1cccc2ccccc12. The highest BCUT2D eigenvalue weighted by molar-refractivity contribution is 6.05. The molecule has 1 N–H and O–H groups in total. The van der Waals surface area contributed by atoms with E-state index in [1.54, 1.807) is 50.6 Å². The molecule has 0 atom stereocenters. The van der Waals surface area contributed by atoms with Crippen molar-refractivity contribution in [2.75, 3.05) is 26.1 Å². The Morgan fingerprint density at radius 3 is 2.41 bits per heavy atom. The molecule has 0 aliphatic carbocycles. The Morgan fingerprint density at radius 2 is 1.62 bits per heavy atom. The molecule has 4 aromatic carbocycles. The number of hydrogen-bond acceptors (Lipinski definition) is 5. The maximum absolute atomic E-state index is 13.0. The van der Waals surface area contributed by atoms with Crippen LogP contribution >= 0.6 is 0 Å². The molecule has 6 heteroatoms. The maximum Gasteiger partial charge on any atom is 0.255 e. The van der Waals surface area contributed by atoms with Gasteiger partial charge in [-0.2, -0.15) is 0 Å². The summed E-state index contributed by atoms with van der Waals surface area (Å²) in [5.41, 5.74) is 1.82. The zero-order chi connectivity index (χ0) is 23.9. The number of amides is 1. The van der Waals surface area contributed by atoms with Gasteiger partial charge in [0.25, 0.3) is 5.91 Å². The van der Waals surface area contributed by atoms with Gasteiger partial charge >= 0.3 is 0 Å². The first-order valence-corrected chi connectivity index (χ1v) is 11.0. The number of rotatable bonds is 9. The second-order valence-corrected chi connectivity index (χ2v) is 7.54. The third-order valence-electron chi connectivity index (χ3n) is 5.41. The molecule has 0 aromatic heterocycles. The number of fused-ring (bicyclic) bond motifs is 1. The predicted molar refractivity (Wildman–Crippen MR) is 133 cm³/mol. The third-order valence-corrected chi connectivity index (χ3v) is 5.41. The molecule has 0 heterocycles. The molecule has 0 fully saturated rings. The highest BCUT2D eigenvalue weighted by atomic mass is 16.5. The van der Waals surface area contributed by atoms with Gasteiger partial charge in [-0.1, -0.05) is 36.4 Å². The lowest BCUT2D eigenvalue weighted by atomic mass is 10.1. The largest absolute Gasteiger partial charge is 0.497 e. The lowest BCUT2D eigenvalue weighted by Gasteiger charge is -2.15. The summed E-state index contributed by atoms with van der Waals surface area (Å²) in [5, 5.41) is 5.04. The van der Waals surface area contributed by atoms with Gasteiger partial charge in [-0.15, -0.1) is 0 Å². The average Bonchev–Trinajstić information content (AvgIpc) is 2.88. The number of ether oxygens (including phenoxy) is 4. The van der Waals surface area contributed by atoms with Gasteiger partial charge in [-0.05, 0) is 48.7 Å². The third kappa shape index (κ3) is 5.07. The molecule has 4 aromatic rings. The fraction of sp³-hybridized carbons (Fsp3) is 0.179. The van der Waals surface area contributed by atoms with Crippen molar-refractivity contribution in [2.45, 2.75) is 13.5 Å². The van der Waals surface area contributed by atoms with Gasteiger partial charge in [-0.25, -0.2) is 0 Å². The van der Waals surface area contributed by atoms with Crippen LogP contribution in [0.2, 0.25) is 0 Å². The van der Waals surface area contributed by atoms with Gasteiger partial charge in [0.15, 0.2) is 0 Å². The summed E-state index contributed by atoms with van der Waals surface area (Å²) in [7, 11) is 3.12. The summed E-state index contributed by atoms with van der Waals surface area (Å²) in [5.74, 6) is 2.35. The van der Waals surface area contributed by atoms with Gasteiger partial charge in [0, 0.05) is 22.6 Å². The predicted octanol–water partition coefficient (Wildman–Crippen LogP) is 6.09. The van der Waals surface area contributed by atoms with E-state index in [0.29, 0.717) is 35.1 Å². The quantitative estimate of drug-likeness (QED) is 0.330. The molecule has 0 bridgehead atoms. The van der Waals surface area contributed by atoms with E-state index in [2.05, 4.69) is 5.32 Å². The number of nitrogens with one attached hydrogen (secondary N) is 1. The van der Waals surface area contributed by atoms with Crippen molar-refractivity contribution in [3.8, 4) is 23.0 Å². The van der Waals surface area contributed by atoms with E-state index >= 15 is 0 Å². The van der Waals surface area contributed by atoms with Crippen molar-refractivity contribution in [2.24, 2.45) is 0 Å². The molecular weight excluding hydrogens is 430 g/mol. The second-order valence-electron chi connectivity index (χ2n) is 7.54. The fourth-order valence-corrected chi connectivity index (χ4v) is 3.70. The molecular formula is C28H27NO5. The molecule has 6 nitrogen and oxygen atoms in total. The molecule has 0 radical (unpaired) electrons. The Kier molecular flexibility index (Phi) is 7.18. The van der Waals surface area contributed by atoms with Gasteiger partial charge in [0.1, 0.15) is 29.6 Å². The molecule has 0 saturated heterocycles. The number of methoxy groups -OCH3 is 2. The lowest BCUT2D eigenvalue weighted by Crippen LogP contribution is -2.14. The summed E-state index contributed by atoms with van der Waals surface area (Å²) in [6.07, 6.45) is 0. The average molecular weight is 458 g/mol. The number of hydrogen-bond donors (Lipinski definition) is 1. The van der Waals surface area contributed by atoms with Crippen LogP contribution in [0.15, 0.2) is 78.9 Å². The van der Waals surface area contributed by atoms with E-state index in [1.165, 1.54) is 0 Å². The summed E-state index contributed by atoms with van der Waals surface area (Å²) in [4.78, 5) is 13.0. The maximum atomic E-state index is 13.0. The monoisotopic (exact) mass is 457 g/mol. The molecule has 1 amide bonds. The van der Waals surface area contributed by atoms with Crippen LogP contribution < -0.4 is 24.3 Å². The number of carbonyl (C=O) groups is 1. The first-order valence-electron chi connectivity index (χ1n) is 11.0. The topological polar surface area (TPSA) is 66.0 Å². The second kappa shape index (κ2) is 10.6. The van der Waals surface area contributed by atoms with Crippen LogP contribution in [0.3, 0.4) is 0 Å². The standard InChI is InChI=1S/C28H27NO5/c1-4-33-25-15-12-20(28(30)29-24-14-13-22(31-2)17-27(24)32-3)16-21(25)18-34-26-11-7-9-19-8-5-6-10-23(19)26/h5-17H,4,18H2,1-3H3,(H,29,30). The molecule has 34 heavy (non-hydrogen) atoms. The van der Waals surface area contributed by atoms with E-state index in [1.807, 2.05) is 49.4 Å². The Hall–Kier alpha value is -4.19. The van der Waals surface area contributed by atoms with Crippen LogP contribution in [0.5, 0.6) is 23.0 Å². The van der Waals surface area contributed by atoms with Crippen LogP contribution in [0.4, 0.5) is 5.69 Å². The zero-order valence-corrected chi connectivity index (χ0v) is 19.5. The van der Waals surface area contributed by atoms with Crippen LogP contribution in [0.25, 0.3) is 10.8 Å². The van der Waals surface area contributed by atoms with E-state index in [4.69, 9.17) is 18.9 Å². The summed E-state index contributed by atoms with van der Waals surface area (Å²) >= 11 is 0. The Bertz CT molecular complexity index is 1300. The minimum Gasteiger partial charge on any atom is -0.497 e. The summed E-state index contributed by atoms with van der Waals surface area (Å²) in [6, 6.07) is 24.6. The van der Waals surface area contributed by atoms with Crippen molar-refractivity contribution < 1.29 is 23.7 Å². The van der Waals surface area contributed by atoms with Crippen molar-refractivity contribution >= 4 is 22.4 Å². The molecule has 0 aliphatic heterocycles. The van der Waals surface area contributed by atoms with Crippen molar-refractivity contribution in [1.82, 2.24) is 0 Å². The smallest absolute Gasteiger partial charge is 0.255 e. The van der Waals surface area contributed by atoms with Gasteiger partial charge in [0.2, 0.25) is 0 Å². The first-order chi connectivity index (χ1) is 16.6. The van der Waals surface area contributed by atoms with Gasteiger partial charge in [0.05, 0.1) is 26.5 Å². The molecule has 174 valence electrons. The zero-order valence-electron chi connectivity index (χ0n) is 19.5. The fourth-order valence-electron chi connectivity index (χ4n) is 3.70. The van der Waals surface area contributed by atoms with Crippen molar-refractivity contribution in [3.05, 3.63) is 90.0 Å². The van der Waals surface area contributed by atoms with Gasteiger partial charge in [-0.3, -0.25) is 4.79 Å². The molecule has 0 spiro atoms. The number of benzene rings is 4. The highest BCUT2D eigenvalue weighted by Crippen LogP contribution is 2.31. The molecule has 4 rings (SSSR count). The molecule has 0 unspecified atom stereocenters. The van der Waals surface area contributed by atoms with Crippen LogP contribution in [0, 0.1) is 0 Å². The van der Waals surface area contributed by atoms with E-state index < -0.39 is 0 Å². The first kappa shape index (κ1) is 23.0. The summed E-state index contributed by atoms with van der Waals surface area (Å²) in [6.45, 7) is 2.69.